The zero-order valence-corrected chi connectivity index (χ0v) is 3.83. The molecule has 0 unspecified atom stereocenters. The maximum Gasteiger partial charge on any atom is 0.152 e. The van der Waals surface area contributed by atoms with Crippen molar-refractivity contribution in [1.29, 1.82) is 0 Å². The maximum atomic E-state index is 7.91. The van der Waals surface area contributed by atoms with Crippen LogP contribution in [0.3, 0.4) is 0 Å². The van der Waals surface area contributed by atoms with Gasteiger partial charge in [0.25, 0.3) is 0 Å². The highest BCUT2D eigenvalue weighted by Gasteiger charge is 1.77. The highest BCUT2D eigenvalue weighted by molar-refractivity contribution is 3.94. The van der Waals surface area contributed by atoms with Crippen LogP contribution in [-0.2, 0) is 9.47 Å². The average molecular weight is 140 g/mol. The molecule has 0 aliphatic rings. The molecule has 0 aromatic carbocycles. The standard InChI is InChI=1S/C3H8O4.2CH4/c4-1-6-3-7-2-5;;/h4-5H,1-3H2;2*1H4. The number of aliphatic hydroxyl groups is 2. The zero-order valence-electron chi connectivity index (χ0n) is 3.83. The van der Waals surface area contributed by atoms with Crippen LogP contribution in [-0.4, -0.2) is 30.6 Å². The van der Waals surface area contributed by atoms with Crippen LogP contribution in [0.2, 0.25) is 0 Å². The third kappa shape index (κ3) is 18.1. The number of hydrogen-bond acceptors (Lipinski definition) is 4. The summed E-state index contributed by atoms with van der Waals surface area (Å²) in [5.41, 5.74) is 0. The van der Waals surface area contributed by atoms with Gasteiger partial charge in [-0.25, -0.2) is 0 Å². The van der Waals surface area contributed by atoms with Gasteiger partial charge >= 0.3 is 0 Å². The summed E-state index contributed by atoms with van der Waals surface area (Å²) in [6.45, 7) is -0.812. The molecule has 0 spiro atoms. The zero-order chi connectivity index (χ0) is 5.54. The van der Waals surface area contributed by atoms with Crippen LogP contribution in [0.4, 0.5) is 0 Å². The van der Waals surface area contributed by atoms with E-state index in [0.717, 1.165) is 0 Å². The van der Waals surface area contributed by atoms with Gasteiger partial charge in [-0.3, -0.25) is 0 Å². The van der Waals surface area contributed by atoms with Gasteiger partial charge in [-0.1, -0.05) is 14.9 Å². The largest absolute Gasteiger partial charge is 0.371 e. The van der Waals surface area contributed by atoms with Crippen molar-refractivity contribution in [2.45, 2.75) is 14.9 Å². The molecule has 0 saturated carbocycles. The molecule has 0 aliphatic heterocycles. The molecule has 0 aromatic heterocycles. The lowest BCUT2D eigenvalue weighted by atomic mass is 11.3. The molecule has 0 fully saturated rings. The van der Waals surface area contributed by atoms with Crippen molar-refractivity contribution in [2.24, 2.45) is 0 Å². The van der Waals surface area contributed by atoms with Crippen molar-refractivity contribution >= 4 is 0 Å². The first kappa shape index (κ1) is 15.9. The van der Waals surface area contributed by atoms with E-state index in [9.17, 15) is 0 Å². The van der Waals surface area contributed by atoms with E-state index < -0.39 is 0 Å². The fraction of sp³-hybridized carbons (Fsp3) is 1.00. The number of rotatable bonds is 4. The fourth-order valence-corrected chi connectivity index (χ4v) is 0.133. The Morgan fingerprint density at radius 3 is 1.44 bits per heavy atom. The molecule has 4 nitrogen and oxygen atoms in total. The lowest BCUT2D eigenvalue weighted by molar-refractivity contribution is -0.142. The highest BCUT2D eigenvalue weighted by Crippen LogP contribution is 1.70. The molecule has 60 valence electrons. The molecule has 2 N–H and O–H groups in total. The Morgan fingerprint density at radius 2 is 1.22 bits per heavy atom. The van der Waals surface area contributed by atoms with Gasteiger partial charge in [-0.05, 0) is 0 Å². The van der Waals surface area contributed by atoms with Gasteiger partial charge in [0.2, 0.25) is 0 Å². The fourth-order valence-electron chi connectivity index (χ4n) is 0.133. The minimum absolute atomic E-state index is 0. The Kier molecular flexibility index (Phi) is 27.7. The highest BCUT2D eigenvalue weighted by atomic mass is 16.7. The van der Waals surface area contributed by atoms with Crippen molar-refractivity contribution in [2.75, 3.05) is 20.4 Å². The predicted molar refractivity (Wildman–Crippen MR) is 34.7 cm³/mol. The second kappa shape index (κ2) is 15.7. The van der Waals surface area contributed by atoms with E-state index in [1.54, 1.807) is 0 Å². The summed E-state index contributed by atoms with van der Waals surface area (Å²) in [6.07, 6.45) is 0. The van der Waals surface area contributed by atoms with Gasteiger partial charge in [-0.15, -0.1) is 0 Å². The van der Waals surface area contributed by atoms with Gasteiger partial charge in [-0.2, -0.15) is 0 Å². The van der Waals surface area contributed by atoms with E-state index in [4.69, 9.17) is 10.2 Å². The quantitative estimate of drug-likeness (QED) is 0.431. The number of hydrogen-bond donors (Lipinski definition) is 2. The van der Waals surface area contributed by atoms with Crippen LogP contribution in [0.5, 0.6) is 0 Å². The van der Waals surface area contributed by atoms with E-state index >= 15 is 0 Å². The normalized spacial score (nSPS) is 7.33. The SMILES string of the molecule is C.C.OCOCOCO. The predicted octanol–water partition coefficient (Wildman–Crippen LogP) is 0.149. The molecule has 0 saturated heterocycles. The van der Waals surface area contributed by atoms with Gasteiger partial charge in [0.05, 0.1) is 0 Å². The third-order valence-corrected chi connectivity index (χ3v) is 0.349. The molecule has 0 amide bonds. The molecule has 9 heavy (non-hydrogen) atoms. The Morgan fingerprint density at radius 1 is 0.889 bits per heavy atom. The second-order valence-electron chi connectivity index (χ2n) is 0.784. The monoisotopic (exact) mass is 140 g/mol. The Balaban J connectivity index is -0.000000180. The summed E-state index contributed by atoms with van der Waals surface area (Å²) in [6, 6.07) is 0. The van der Waals surface area contributed by atoms with Gasteiger partial charge < -0.3 is 19.7 Å². The van der Waals surface area contributed by atoms with Gasteiger partial charge in [0.15, 0.2) is 6.79 Å². The summed E-state index contributed by atoms with van der Waals surface area (Å²) in [5, 5.41) is 15.8. The smallest absolute Gasteiger partial charge is 0.152 e. The Labute approximate surface area is 56.0 Å². The molecule has 0 aliphatic carbocycles. The molecule has 0 aromatic rings. The Hall–Kier alpha value is -0.160. The maximum absolute atomic E-state index is 7.91. The van der Waals surface area contributed by atoms with Crippen molar-refractivity contribution in [3.05, 3.63) is 0 Å². The average Bonchev–Trinajstić information content (AvgIpc) is 1.69. The molecule has 0 bridgehead atoms. The van der Waals surface area contributed by atoms with E-state index in [-0.39, 0.29) is 35.2 Å². The van der Waals surface area contributed by atoms with Gasteiger partial charge in [0, 0.05) is 0 Å². The van der Waals surface area contributed by atoms with Crippen LogP contribution in [0, 0.1) is 0 Å². The van der Waals surface area contributed by atoms with Crippen LogP contribution in [0.15, 0.2) is 0 Å². The summed E-state index contributed by atoms with van der Waals surface area (Å²) in [5.74, 6) is 0. The second-order valence-corrected chi connectivity index (χ2v) is 0.784. The first-order valence-corrected chi connectivity index (χ1v) is 1.79. The molecule has 4 heteroatoms. The van der Waals surface area contributed by atoms with Crippen molar-refractivity contribution in [3.63, 3.8) is 0 Å². The van der Waals surface area contributed by atoms with Crippen LogP contribution in [0.25, 0.3) is 0 Å². The number of aliphatic hydroxyl groups excluding tert-OH is 2. The topological polar surface area (TPSA) is 58.9 Å². The Bertz CT molecular complexity index is 28.1. The summed E-state index contributed by atoms with van der Waals surface area (Å²) >= 11 is 0. The van der Waals surface area contributed by atoms with Gasteiger partial charge in [0.1, 0.15) is 13.6 Å². The van der Waals surface area contributed by atoms with E-state index in [2.05, 4.69) is 9.47 Å². The van der Waals surface area contributed by atoms with Crippen molar-refractivity contribution < 1.29 is 19.7 Å². The lowest BCUT2D eigenvalue weighted by Crippen LogP contribution is -2.00. The minimum atomic E-state index is -0.375. The van der Waals surface area contributed by atoms with Crippen LogP contribution >= 0.6 is 0 Å². The molecule has 0 atom stereocenters. The van der Waals surface area contributed by atoms with E-state index in [0.29, 0.717) is 0 Å². The van der Waals surface area contributed by atoms with E-state index in [1.165, 1.54) is 0 Å². The summed E-state index contributed by atoms with van der Waals surface area (Å²) in [7, 11) is 0. The summed E-state index contributed by atoms with van der Waals surface area (Å²) < 4.78 is 8.49. The third-order valence-electron chi connectivity index (χ3n) is 0.349. The summed E-state index contributed by atoms with van der Waals surface area (Å²) in [4.78, 5) is 0. The van der Waals surface area contributed by atoms with Crippen LogP contribution in [0.1, 0.15) is 14.9 Å². The first-order valence-electron chi connectivity index (χ1n) is 1.79. The minimum Gasteiger partial charge on any atom is -0.371 e. The van der Waals surface area contributed by atoms with Crippen LogP contribution < -0.4 is 0 Å². The number of ether oxygens (including phenoxy) is 2. The molecule has 0 heterocycles. The van der Waals surface area contributed by atoms with Crippen molar-refractivity contribution in [3.8, 4) is 0 Å². The van der Waals surface area contributed by atoms with E-state index in [1.807, 2.05) is 0 Å². The molecule has 0 radical (unpaired) electrons. The van der Waals surface area contributed by atoms with Crippen molar-refractivity contribution in [1.82, 2.24) is 0 Å². The molecular weight excluding hydrogens is 124 g/mol. The molecule has 0 rings (SSSR count). The first-order chi connectivity index (χ1) is 3.41. The lowest BCUT2D eigenvalue weighted by Gasteiger charge is -1.96. The molecular formula is C5H16O4.